The highest BCUT2D eigenvalue weighted by Gasteiger charge is 2.50. The molecule has 0 radical (unpaired) electrons. The normalized spacial score (nSPS) is 16.5. The zero-order valence-corrected chi connectivity index (χ0v) is 23.2. The molecule has 5 aromatic rings. The molecular weight excluding hydrogens is 580 g/mol. The van der Waals surface area contributed by atoms with E-state index >= 15 is 0 Å². The van der Waals surface area contributed by atoms with Crippen molar-refractivity contribution in [1.29, 1.82) is 0 Å². The van der Waals surface area contributed by atoms with E-state index in [1.807, 2.05) is 18.2 Å². The molecule has 1 aliphatic carbocycles. The number of sulfonamides is 1. The molecule has 40 heavy (non-hydrogen) atoms. The van der Waals surface area contributed by atoms with Gasteiger partial charge in [0.2, 0.25) is 21.7 Å². The molecule has 1 fully saturated rings. The fourth-order valence-corrected chi connectivity index (χ4v) is 6.97. The number of hydrogen-bond donors (Lipinski definition) is 1. The van der Waals surface area contributed by atoms with Gasteiger partial charge in [0.1, 0.15) is 11.2 Å². The molecule has 0 unspecified atom stereocenters. The van der Waals surface area contributed by atoms with Crippen LogP contribution in [0.1, 0.15) is 24.0 Å². The minimum atomic E-state index is -3.33. The van der Waals surface area contributed by atoms with E-state index in [1.54, 1.807) is 10.6 Å². The van der Waals surface area contributed by atoms with Gasteiger partial charge in [0.15, 0.2) is 5.65 Å². The Kier molecular flexibility index (Phi) is 5.53. The van der Waals surface area contributed by atoms with Gasteiger partial charge in [-0.2, -0.15) is 9.29 Å². The van der Waals surface area contributed by atoms with Gasteiger partial charge in [0.25, 0.3) is 5.56 Å². The van der Waals surface area contributed by atoms with Crippen LogP contribution in [-0.4, -0.2) is 49.4 Å². The van der Waals surface area contributed by atoms with E-state index in [1.165, 1.54) is 33.1 Å². The van der Waals surface area contributed by atoms with Crippen molar-refractivity contribution in [2.75, 3.05) is 18.1 Å². The number of anilines is 2. The first kappa shape index (κ1) is 25.4. The zero-order chi connectivity index (χ0) is 28.0. The second-order valence-corrected chi connectivity index (χ2v) is 13.0. The molecule has 0 saturated heterocycles. The Morgan fingerprint density at radius 2 is 1.85 bits per heavy atom. The first-order valence-electron chi connectivity index (χ1n) is 12.3. The van der Waals surface area contributed by atoms with Crippen molar-refractivity contribution >= 4 is 61.7 Å². The second-order valence-electron chi connectivity index (χ2n) is 10.2. The van der Waals surface area contributed by atoms with Crippen LogP contribution in [0.15, 0.2) is 53.7 Å². The summed E-state index contributed by atoms with van der Waals surface area (Å²) < 4.78 is 42.8. The molecule has 7 rings (SSSR count). The number of imidazole rings is 1. The first-order chi connectivity index (χ1) is 19.0. The van der Waals surface area contributed by atoms with Crippen LogP contribution in [0.3, 0.4) is 0 Å². The van der Waals surface area contributed by atoms with E-state index < -0.39 is 21.4 Å². The fraction of sp³-hybridized carbons (Fsp3) is 0.231. The average molecular weight is 600 g/mol. The van der Waals surface area contributed by atoms with Gasteiger partial charge >= 0.3 is 0 Å². The summed E-state index contributed by atoms with van der Waals surface area (Å²) in [6, 6.07) is 8.02. The van der Waals surface area contributed by atoms with Crippen molar-refractivity contribution in [1.82, 2.24) is 28.2 Å². The van der Waals surface area contributed by atoms with Crippen LogP contribution in [0.4, 0.5) is 16.0 Å². The standard InChI is InChI=1S/C26H20Cl2FN7O3S/c1-40(38,39)34-12-14-8-16(2-3-18(14)26(13-34)4-5-26)32-24-31-11-17-22(33-24)35-7-6-30-25(35)36(23(17)37)21-19(27)9-15(29)10-20(21)28/h2-3,6-11H,4-5,12-13H2,1H3,(H,31,32,33). The monoisotopic (exact) mass is 599 g/mol. The van der Waals surface area contributed by atoms with Crippen LogP contribution in [0.2, 0.25) is 10.0 Å². The van der Waals surface area contributed by atoms with Crippen molar-refractivity contribution in [3.05, 3.63) is 86.3 Å². The van der Waals surface area contributed by atoms with Crippen molar-refractivity contribution in [3.8, 4) is 5.69 Å². The van der Waals surface area contributed by atoms with E-state index in [0.29, 0.717) is 24.4 Å². The summed E-state index contributed by atoms with van der Waals surface area (Å²) in [5, 5.41) is 3.24. The third-order valence-electron chi connectivity index (χ3n) is 7.54. The van der Waals surface area contributed by atoms with Gasteiger partial charge in [-0.25, -0.2) is 27.3 Å². The highest BCUT2D eigenvalue weighted by molar-refractivity contribution is 7.88. The number of hydrogen-bond acceptors (Lipinski definition) is 7. The van der Waals surface area contributed by atoms with E-state index in [4.69, 9.17) is 23.2 Å². The summed E-state index contributed by atoms with van der Waals surface area (Å²) in [4.78, 5) is 26.8. The van der Waals surface area contributed by atoms with E-state index in [9.17, 15) is 17.6 Å². The first-order valence-corrected chi connectivity index (χ1v) is 14.9. The van der Waals surface area contributed by atoms with Gasteiger partial charge in [0, 0.05) is 42.8 Å². The molecule has 204 valence electrons. The van der Waals surface area contributed by atoms with E-state index in [-0.39, 0.29) is 38.3 Å². The van der Waals surface area contributed by atoms with Crippen LogP contribution in [-0.2, 0) is 22.0 Å². The number of nitrogens with zero attached hydrogens (tertiary/aromatic N) is 6. The van der Waals surface area contributed by atoms with Crippen molar-refractivity contribution in [2.24, 2.45) is 0 Å². The van der Waals surface area contributed by atoms with Crippen LogP contribution < -0.4 is 10.9 Å². The molecule has 1 spiro atoms. The number of aromatic nitrogens is 5. The van der Waals surface area contributed by atoms with Gasteiger partial charge in [-0.05, 0) is 48.2 Å². The highest BCUT2D eigenvalue weighted by atomic mass is 35.5. The number of benzene rings is 2. The minimum absolute atomic E-state index is 0.0506. The number of fused-ring (bicyclic) bond motifs is 5. The summed E-state index contributed by atoms with van der Waals surface area (Å²) in [5.41, 5.74) is 2.55. The van der Waals surface area contributed by atoms with Crippen LogP contribution in [0.5, 0.6) is 0 Å². The Bertz CT molecular complexity index is 2030. The molecule has 2 aliphatic rings. The van der Waals surface area contributed by atoms with Gasteiger partial charge in [-0.1, -0.05) is 29.3 Å². The Balaban J connectivity index is 1.31. The molecule has 0 bridgehead atoms. The van der Waals surface area contributed by atoms with Crippen LogP contribution >= 0.6 is 23.2 Å². The fourth-order valence-electron chi connectivity index (χ4n) is 5.49. The molecule has 1 saturated carbocycles. The Morgan fingerprint density at radius 1 is 1.10 bits per heavy atom. The molecule has 14 heteroatoms. The van der Waals surface area contributed by atoms with Crippen molar-refractivity contribution in [3.63, 3.8) is 0 Å². The summed E-state index contributed by atoms with van der Waals surface area (Å²) in [5.74, 6) is -0.221. The molecule has 1 N–H and O–H groups in total. The summed E-state index contributed by atoms with van der Waals surface area (Å²) in [6.45, 7) is 0.805. The largest absolute Gasteiger partial charge is 0.324 e. The third-order valence-corrected chi connectivity index (χ3v) is 9.31. The smallest absolute Gasteiger partial charge is 0.270 e. The number of halogens is 3. The Labute approximate surface area is 237 Å². The van der Waals surface area contributed by atoms with Crippen molar-refractivity contribution in [2.45, 2.75) is 24.8 Å². The molecule has 0 amide bonds. The SMILES string of the molecule is CS(=O)(=O)N1Cc2cc(Nc3ncc4c(=O)n(-c5c(Cl)cc(F)cc5Cl)c5nccn5c4n3)ccc2C2(CC2)C1. The predicted octanol–water partition coefficient (Wildman–Crippen LogP) is 4.42. The lowest BCUT2D eigenvalue weighted by Gasteiger charge is -2.33. The average Bonchev–Trinajstić information content (AvgIpc) is 3.47. The summed E-state index contributed by atoms with van der Waals surface area (Å²) >= 11 is 12.6. The zero-order valence-electron chi connectivity index (χ0n) is 20.9. The number of nitrogens with one attached hydrogen (secondary N) is 1. The lowest BCUT2D eigenvalue weighted by atomic mass is 9.88. The van der Waals surface area contributed by atoms with Gasteiger partial charge in [0.05, 0.1) is 22.0 Å². The van der Waals surface area contributed by atoms with Gasteiger partial charge in [-0.15, -0.1) is 0 Å². The molecule has 10 nitrogen and oxygen atoms in total. The minimum Gasteiger partial charge on any atom is -0.324 e. The van der Waals surface area contributed by atoms with Gasteiger partial charge in [-0.3, -0.25) is 9.20 Å². The van der Waals surface area contributed by atoms with Crippen LogP contribution in [0.25, 0.3) is 22.5 Å². The third kappa shape index (κ3) is 3.97. The lowest BCUT2D eigenvalue weighted by molar-refractivity contribution is 0.347. The summed E-state index contributed by atoms with van der Waals surface area (Å²) in [6.07, 6.45) is 7.66. The van der Waals surface area contributed by atoms with E-state index in [0.717, 1.165) is 30.5 Å². The second kappa shape index (κ2) is 8.71. The maximum Gasteiger partial charge on any atom is 0.270 e. The molecule has 1 aliphatic heterocycles. The van der Waals surface area contributed by atoms with Gasteiger partial charge < -0.3 is 5.32 Å². The van der Waals surface area contributed by atoms with Crippen LogP contribution in [0, 0.1) is 5.82 Å². The number of rotatable bonds is 4. The molecule has 0 atom stereocenters. The lowest BCUT2D eigenvalue weighted by Crippen LogP contribution is -2.41. The van der Waals surface area contributed by atoms with Crippen molar-refractivity contribution < 1.29 is 12.8 Å². The predicted molar refractivity (Wildman–Crippen MR) is 150 cm³/mol. The molecule has 3 aromatic heterocycles. The maximum atomic E-state index is 13.8. The summed E-state index contributed by atoms with van der Waals surface area (Å²) in [7, 11) is -3.33. The van der Waals surface area contributed by atoms with E-state index in [2.05, 4.69) is 20.3 Å². The quantitative estimate of drug-likeness (QED) is 0.325. The Morgan fingerprint density at radius 3 is 2.55 bits per heavy atom. The highest BCUT2D eigenvalue weighted by Crippen LogP contribution is 2.53. The molecule has 4 heterocycles. The Hall–Kier alpha value is -3.58. The topological polar surface area (TPSA) is 114 Å². The maximum absolute atomic E-state index is 13.8. The molecular formula is C26H20Cl2FN7O3S. The molecule has 2 aromatic carbocycles.